The second-order valence-corrected chi connectivity index (χ2v) is 5.94. The third-order valence-electron chi connectivity index (χ3n) is 3.22. The van der Waals surface area contributed by atoms with Crippen LogP contribution in [-0.4, -0.2) is 79.4 Å². The first-order chi connectivity index (χ1) is 13.1. The number of nitrogens with two attached hydrogens (primary N) is 1. The van der Waals surface area contributed by atoms with E-state index in [4.69, 9.17) is 10.8 Å². The normalized spacial score (nSPS) is 11.1. The van der Waals surface area contributed by atoms with E-state index in [2.05, 4.69) is 26.6 Å². The van der Waals surface area contributed by atoms with Crippen LogP contribution in [0.1, 0.15) is 13.8 Å². The van der Waals surface area contributed by atoms with Crippen LogP contribution in [0.2, 0.25) is 0 Å². The van der Waals surface area contributed by atoms with E-state index in [1.807, 2.05) is 0 Å². The van der Waals surface area contributed by atoms with Gasteiger partial charge in [0, 0.05) is 0 Å². The van der Waals surface area contributed by atoms with E-state index in [-0.39, 0.29) is 19.0 Å². The number of aliphatic carboxylic acids is 1. The number of carbonyl (C=O) groups is 6. The number of carboxylic acid groups (broad SMARTS) is 1. The van der Waals surface area contributed by atoms with Crippen LogP contribution in [0.3, 0.4) is 0 Å². The molecule has 0 spiro atoms. The van der Waals surface area contributed by atoms with Gasteiger partial charge in [0.25, 0.3) is 0 Å². The highest BCUT2D eigenvalue weighted by atomic mass is 16.4. The molecule has 0 unspecified atom stereocenters. The van der Waals surface area contributed by atoms with Gasteiger partial charge in [-0.15, -0.1) is 0 Å². The zero-order valence-electron chi connectivity index (χ0n) is 15.7. The summed E-state index contributed by atoms with van der Waals surface area (Å²) in [4.78, 5) is 68.0. The van der Waals surface area contributed by atoms with E-state index in [9.17, 15) is 28.8 Å². The van der Waals surface area contributed by atoms with Crippen molar-refractivity contribution in [1.29, 1.82) is 0 Å². The van der Waals surface area contributed by atoms with E-state index in [1.165, 1.54) is 0 Å². The molecule has 13 nitrogen and oxygen atoms in total. The van der Waals surface area contributed by atoms with E-state index in [1.54, 1.807) is 13.8 Å². The molecule has 0 radical (unpaired) electrons. The lowest BCUT2D eigenvalue weighted by atomic mass is 10.1. The smallest absolute Gasteiger partial charge is 0.326 e. The first-order valence-corrected chi connectivity index (χ1v) is 8.35. The fourth-order valence-corrected chi connectivity index (χ4v) is 1.71. The maximum atomic E-state index is 11.7. The predicted molar refractivity (Wildman–Crippen MR) is 95.5 cm³/mol. The molecule has 8 N–H and O–H groups in total. The van der Waals surface area contributed by atoms with E-state index < -0.39 is 61.2 Å². The molecule has 0 saturated heterocycles. The summed E-state index contributed by atoms with van der Waals surface area (Å²) >= 11 is 0. The van der Waals surface area contributed by atoms with Gasteiger partial charge in [-0.2, -0.15) is 0 Å². The van der Waals surface area contributed by atoms with Crippen molar-refractivity contribution < 1.29 is 33.9 Å². The third-order valence-corrected chi connectivity index (χ3v) is 3.22. The van der Waals surface area contributed by atoms with Crippen LogP contribution >= 0.6 is 0 Å². The van der Waals surface area contributed by atoms with Gasteiger partial charge in [-0.3, -0.25) is 24.0 Å². The summed E-state index contributed by atoms with van der Waals surface area (Å²) in [5.74, 6) is -4.70. The Labute approximate surface area is 161 Å². The Bertz CT molecular complexity index is 608. The number of hydrogen-bond donors (Lipinski definition) is 7. The van der Waals surface area contributed by atoms with Crippen LogP contribution in [0, 0.1) is 5.92 Å². The topological polar surface area (TPSA) is 209 Å². The van der Waals surface area contributed by atoms with Crippen molar-refractivity contribution >= 4 is 35.5 Å². The molecule has 0 aromatic heterocycles. The Hall–Kier alpha value is -3.22. The monoisotopic (exact) mass is 402 g/mol. The van der Waals surface area contributed by atoms with Gasteiger partial charge < -0.3 is 37.4 Å². The standard InChI is InChI=1S/C15H26N6O7/c1-8(2)14(15(27)28)21-13(26)7-20-12(25)6-19-11(24)5-18-10(23)4-17-9(22)3-16/h8,14H,3-7,16H2,1-2H3,(H,17,22)(H,18,23)(H,19,24)(H,20,25)(H,21,26)(H,27,28)/t14-/m0/s1. The minimum absolute atomic E-state index is 0.269. The van der Waals surface area contributed by atoms with Crippen LogP contribution in [-0.2, 0) is 28.8 Å². The summed E-state index contributed by atoms with van der Waals surface area (Å²) in [6.45, 7) is 1.32. The van der Waals surface area contributed by atoms with Crippen molar-refractivity contribution in [3.63, 3.8) is 0 Å². The molecule has 0 aliphatic rings. The van der Waals surface area contributed by atoms with Gasteiger partial charge in [0.05, 0.1) is 32.7 Å². The molecule has 0 aliphatic heterocycles. The third kappa shape index (κ3) is 11.4. The minimum atomic E-state index is -1.19. The second kappa shape index (κ2) is 13.0. The van der Waals surface area contributed by atoms with Gasteiger partial charge in [0.1, 0.15) is 6.04 Å². The Morgan fingerprint density at radius 1 is 0.714 bits per heavy atom. The van der Waals surface area contributed by atoms with Gasteiger partial charge >= 0.3 is 5.97 Å². The summed E-state index contributed by atoms with van der Waals surface area (Å²) in [5.41, 5.74) is 5.04. The Kier molecular flexibility index (Phi) is 11.5. The molecule has 0 heterocycles. The molecule has 0 bridgehead atoms. The maximum Gasteiger partial charge on any atom is 0.326 e. The second-order valence-electron chi connectivity index (χ2n) is 5.94. The van der Waals surface area contributed by atoms with E-state index in [0.29, 0.717) is 0 Å². The van der Waals surface area contributed by atoms with Gasteiger partial charge in [0.2, 0.25) is 29.5 Å². The summed E-state index contributed by atoms with van der Waals surface area (Å²) in [5, 5.41) is 20.1. The average Bonchev–Trinajstić information content (AvgIpc) is 2.64. The fourth-order valence-electron chi connectivity index (χ4n) is 1.71. The van der Waals surface area contributed by atoms with Crippen molar-refractivity contribution in [2.24, 2.45) is 11.7 Å². The van der Waals surface area contributed by atoms with Crippen LogP contribution < -0.4 is 32.3 Å². The molecular weight excluding hydrogens is 376 g/mol. The molecule has 1 atom stereocenters. The largest absolute Gasteiger partial charge is 0.480 e. The molecule has 158 valence electrons. The Morgan fingerprint density at radius 3 is 1.39 bits per heavy atom. The lowest BCUT2D eigenvalue weighted by Gasteiger charge is -2.18. The molecule has 13 heteroatoms. The van der Waals surface area contributed by atoms with Crippen LogP contribution in [0.25, 0.3) is 0 Å². The van der Waals surface area contributed by atoms with Crippen molar-refractivity contribution in [2.45, 2.75) is 19.9 Å². The molecule has 0 rings (SSSR count). The van der Waals surface area contributed by atoms with Gasteiger partial charge in [-0.1, -0.05) is 13.8 Å². The SMILES string of the molecule is CC(C)[C@H](NC(=O)CNC(=O)CNC(=O)CNC(=O)CNC(=O)CN)C(=O)O. The molecule has 0 aliphatic carbocycles. The lowest BCUT2D eigenvalue weighted by molar-refractivity contribution is -0.143. The van der Waals surface area contributed by atoms with Crippen LogP contribution in [0.4, 0.5) is 0 Å². The molecule has 28 heavy (non-hydrogen) atoms. The fraction of sp³-hybridized carbons (Fsp3) is 0.600. The van der Waals surface area contributed by atoms with E-state index >= 15 is 0 Å². The summed E-state index contributed by atoms with van der Waals surface area (Å²) in [7, 11) is 0. The Morgan fingerprint density at radius 2 is 1.07 bits per heavy atom. The number of amides is 5. The number of carbonyl (C=O) groups excluding carboxylic acids is 5. The number of hydrogen-bond acceptors (Lipinski definition) is 7. The number of rotatable bonds is 12. The molecule has 0 fully saturated rings. The maximum absolute atomic E-state index is 11.7. The highest BCUT2D eigenvalue weighted by molar-refractivity contribution is 5.91. The minimum Gasteiger partial charge on any atom is -0.480 e. The van der Waals surface area contributed by atoms with E-state index in [0.717, 1.165) is 0 Å². The van der Waals surface area contributed by atoms with Gasteiger partial charge in [0.15, 0.2) is 0 Å². The first-order valence-electron chi connectivity index (χ1n) is 8.35. The lowest BCUT2D eigenvalue weighted by Crippen LogP contribution is -2.49. The number of carboxylic acids is 1. The first kappa shape index (κ1) is 24.8. The van der Waals surface area contributed by atoms with Crippen molar-refractivity contribution in [3.8, 4) is 0 Å². The zero-order chi connectivity index (χ0) is 21.7. The van der Waals surface area contributed by atoms with Crippen molar-refractivity contribution in [2.75, 3.05) is 32.7 Å². The van der Waals surface area contributed by atoms with Crippen molar-refractivity contribution in [1.82, 2.24) is 26.6 Å². The molecule has 0 saturated carbocycles. The predicted octanol–water partition coefficient (Wildman–Crippen LogP) is -4.36. The summed E-state index contributed by atoms with van der Waals surface area (Å²) in [6, 6.07) is -1.08. The molecule has 0 aromatic carbocycles. The van der Waals surface area contributed by atoms with Crippen LogP contribution in [0.5, 0.6) is 0 Å². The van der Waals surface area contributed by atoms with Crippen molar-refractivity contribution in [3.05, 3.63) is 0 Å². The zero-order valence-corrected chi connectivity index (χ0v) is 15.7. The summed E-state index contributed by atoms with van der Waals surface area (Å²) in [6.07, 6.45) is 0. The molecule has 0 aromatic rings. The van der Waals surface area contributed by atoms with Crippen LogP contribution in [0.15, 0.2) is 0 Å². The average molecular weight is 402 g/mol. The Balaban J connectivity index is 4.03. The highest BCUT2D eigenvalue weighted by Gasteiger charge is 2.23. The highest BCUT2D eigenvalue weighted by Crippen LogP contribution is 2.00. The van der Waals surface area contributed by atoms with Gasteiger partial charge in [-0.25, -0.2) is 4.79 Å². The quantitative estimate of drug-likeness (QED) is 0.169. The molecule has 5 amide bonds. The molecular formula is C15H26N6O7. The van der Waals surface area contributed by atoms with Gasteiger partial charge in [-0.05, 0) is 5.92 Å². The summed E-state index contributed by atoms with van der Waals surface area (Å²) < 4.78 is 0. The number of nitrogens with one attached hydrogen (secondary N) is 5.